The van der Waals surface area contributed by atoms with E-state index >= 15 is 0 Å². The van der Waals surface area contributed by atoms with E-state index in [4.69, 9.17) is 10.5 Å². The molecule has 3 heteroatoms. The Kier molecular flexibility index (Phi) is 4.00. The summed E-state index contributed by atoms with van der Waals surface area (Å²) in [7, 11) is 1.56. The molecule has 1 saturated carbocycles. The Morgan fingerprint density at radius 3 is 2.76 bits per heavy atom. The fourth-order valence-electron chi connectivity index (χ4n) is 2.78. The van der Waals surface area contributed by atoms with Gasteiger partial charge in [0.25, 0.3) is 0 Å². The van der Waals surface area contributed by atoms with E-state index in [1.165, 1.54) is 31.7 Å². The highest BCUT2D eigenvalue weighted by Crippen LogP contribution is 2.35. The largest absolute Gasteiger partial charge is 0.496 e. The molecule has 0 heterocycles. The molecule has 0 saturated heterocycles. The summed E-state index contributed by atoms with van der Waals surface area (Å²) < 4.78 is 19.0. The highest BCUT2D eigenvalue weighted by Gasteiger charge is 2.23. The molecule has 1 fully saturated rings. The van der Waals surface area contributed by atoms with Gasteiger partial charge in [0.1, 0.15) is 11.6 Å². The Morgan fingerprint density at radius 1 is 1.41 bits per heavy atom. The average molecular weight is 237 g/mol. The third kappa shape index (κ3) is 2.78. The molecule has 1 atom stereocenters. The van der Waals surface area contributed by atoms with Crippen LogP contribution in [0.2, 0.25) is 0 Å². The number of nitrogens with two attached hydrogens (primary N) is 1. The van der Waals surface area contributed by atoms with Crippen molar-refractivity contribution >= 4 is 0 Å². The Bertz CT molecular complexity index is 374. The van der Waals surface area contributed by atoms with E-state index in [0.29, 0.717) is 17.2 Å². The quantitative estimate of drug-likeness (QED) is 0.871. The Balaban J connectivity index is 2.14. The van der Waals surface area contributed by atoms with E-state index in [1.54, 1.807) is 19.2 Å². The number of rotatable bonds is 4. The number of methoxy groups -OCH3 is 1. The van der Waals surface area contributed by atoms with Crippen molar-refractivity contribution in [2.75, 3.05) is 7.11 Å². The molecule has 0 spiro atoms. The van der Waals surface area contributed by atoms with Crippen LogP contribution in [0.3, 0.4) is 0 Å². The van der Waals surface area contributed by atoms with Gasteiger partial charge in [-0.3, -0.25) is 0 Å². The van der Waals surface area contributed by atoms with E-state index in [-0.39, 0.29) is 11.9 Å². The van der Waals surface area contributed by atoms with Crippen molar-refractivity contribution in [1.29, 1.82) is 0 Å². The maximum absolute atomic E-state index is 13.8. The van der Waals surface area contributed by atoms with Crippen LogP contribution < -0.4 is 10.5 Å². The first-order valence-electron chi connectivity index (χ1n) is 6.30. The lowest BCUT2D eigenvalue weighted by atomic mass is 9.93. The summed E-state index contributed by atoms with van der Waals surface area (Å²) in [6, 6.07) is 4.62. The second kappa shape index (κ2) is 5.50. The molecule has 2 N–H and O–H groups in total. The van der Waals surface area contributed by atoms with Crippen molar-refractivity contribution in [2.24, 2.45) is 11.7 Å². The van der Waals surface area contributed by atoms with Gasteiger partial charge in [0.05, 0.1) is 7.11 Å². The summed E-state index contributed by atoms with van der Waals surface area (Å²) in [4.78, 5) is 0. The SMILES string of the molecule is COc1cccc(F)c1C(N)CC1CCCC1. The fourth-order valence-corrected chi connectivity index (χ4v) is 2.78. The summed E-state index contributed by atoms with van der Waals surface area (Å²) in [5.41, 5.74) is 6.66. The van der Waals surface area contributed by atoms with Gasteiger partial charge < -0.3 is 10.5 Å². The third-order valence-corrected chi connectivity index (χ3v) is 3.67. The molecule has 1 aromatic carbocycles. The molecule has 1 aliphatic carbocycles. The first-order chi connectivity index (χ1) is 8.22. The van der Waals surface area contributed by atoms with Gasteiger partial charge >= 0.3 is 0 Å². The normalized spacial score (nSPS) is 18.3. The zero-order valence-corrected chi connectivity index (χ0v) is 10.3. The van der Waals surface area contributed by atoms with Crippen molar-refractivity contribution in [1.82, 2.24) is 0 Å². The average Bonchev–Trinajstić information content (AvgIpc) is 2.81. The van der Waals surface area contributed by atoms with Crippen molar-refractivity contribution in [3.8, 4) is 5.75 Å². The van der Waals surface area contributed by atoms with Crippen LogP contribution in [0.5, 0.6) is 5.75 Å². The van der Waals surface area contributed by atoms with E-state index in [9.17, 15) is 4.39 Å². The van der Waals surface area contributed by atoms with Gasteiger partial charge in [-0.05, 0) is 24.5 Å². The molecule has 0 bridgehead atoms. The van der Waals surface area contributed by atoms with Gasteiger partial charge in [-0.2, -0.15) is 0 Å². The second-order valence-electron chi connectivity index (χ2n) is 4.85. The molecular weight excluding hydrogens is 217 g/mol. The van der Waals surface area contributed by atoms with Gasteiger partial charge in [-0.25, -0.2) is 4.39 Å². The number of benzene rings is 1. The van der Waals surface area contributed by atoms with Gasteiger partial charge in [0.2, 0.25) is 0 Å². The van der Waals surface area contributed by atoms with Crippen molar-refractivity contribution in [3.05, 3.63) is 29.6 Å². The molecule has 94 valence electrons. The van der Waals surface area contributed by atoms with E-state index < -0.39 is 0 Å². The first-order valence-corrected chi connectivity index (χ1v) is 6.30. The predicted octanol–water partition coefficient (Wildman–Crippen LogP) is 3.41. The fraction of sp³-hybridized carbons (Fsp3) is 0.571. The van der Waals surface area contributed by atoms with Crippen LogP contribution >= 0.6 is 0 Å². The van der Waals surface area contributed by atoms with E-state index in [2.05, 4.69) is 0 Å². The monoisotopic (exact) mass is 237 g/mol. The van der Waals surface area contributed by atoms with Gasteiger partial charge in [0, 0.05) is 11.6 Å². The highest BCUT2D eigenvalue weighted by molar-refractivity contribution is 5.37. The summed E-state index contributed by atoms with van der Waals surface area (Å²) in [6.45, 7) is 0. The van der Waals surface area contributed by atoms with Crippen molar-refractivity contribution in [2.45, 2.75) is 38.1 Å². The van der Waals surface area contributed by atoms with Crippen LogP contribution in [0.15, 0.2) is 18.2 Å². The smallest absolute Gasteiger partial charge is 0.131 e. The van der Waals surface area contributed by atoms with Crippen LogP contribution in [0.25, 0.3) is 0 Å². The Labute approximate surface area is 102 Å². The molecular formula is C14H20FNO. The van der Waals surface area contributed by atoms with Crippen LogP contribution in [0, 0.1) is 11.7 Å². The number of hydrogen-bond acceptors (Lipinski definition) is 2. The molecule has 1 aromatic rings. The van der Waals surface area contributed by atoms with Crippen LogP contribution in [-0.2, 0) is 0 Å². The second-order valence-corrected chi connectivity index (χ2v) is 4.85. The molecule has 17 heavy (non-hydrogen) atoms. The predicted molar refractivity (Wildman–Crippen MR) is 66.5 cm³/mol. The summed E-state index contributed by atoms with van der Waals surface area (Å²) in [5.74, 6) is 0.958. The Morgan fingerprint density at radius 2 is 2.12 bits per heavy atom. The minimum Gasteiger partial charge on any atom is -0.496 e. The van der Waals surface area contributed by atoms with Crippen LogP contribution in [-0.4, -0.2) is 7.11 Å². The standard InChI is InChI=1S/C14H20FNO/c1-17-13-8-4-7-11(15)14(13)12(16)9-10-5-2-3-6-10/h4,7-8,10,12H,2-3,5-6,9,16H2,1H3. The maximum atomic E-state index is 13.8. The summed E-state index contributed by atoms with van der Waals surface area (Å²) in [5, 5.41) is 0. The third-order valence-electron chi connectivity index (χ3n) is 3.67. The van der Waals surface area contributed by atoms with Gasteiger partial charge in [-0.1, -0.05) is 31.7 Å². The number of halogens is 1. The molecule has 0 aliphatic heterocycles. The minimum atomic E-state index is -0.255. The highest BCUT2D eigenvalue weighted by atomic mass is 19.1. The van der Waals surface area contributed by atoms with Gasteiger partial charge in [0.15, 0.2) is 0 Å². The molecule has 2 rings (SSSR count). The Hall–Kier alpha value is -1.09. The molecule has 1 unspecified atom stereocenters. The van der Waals surface area contributed by atoms with Crippen LogP contribution in [0.1, 0.15) is 43.7 Å². The summed E-state index contributed by atoms with van der Waals surface area (Å²) in [6.07, 6.45) is 5.88. The number of ether oxygens (including phenoxy) is 1. The molecule has 0 radical (unpaired) electrons. The van der Waals surface area contributed by atoms with Crippen molar-refractivity contribution < 1.29 is 9.13 Å². The maximum Gasteiger partial charge on any atom is 0.131 e. The van der Waals surface area contributed by atoms with E-state index in [0.717, 1.165) is 6.42 Å². The first kappa shape index (κ1) is 12.4. The van der Waals surface area contributed by atoms with Crippen molar-refractivity contribution in [3.63, 3.8) is 0 Å². The number of hydrogen-bond donors (Lipinski definition) is 1. The zero-order valence-electron chi connectivity index (χ0n) is 10.3. The zero-order chi connectivity index (χ0) is 12.3. The molecule has 0 aromatic heterocycles. The lowest BCUT2D eigenvalue weighted by Gasteiger charge is -2.19. The summed E-state index contributed by atoms with van der Waals surface area (Å²) >= 11 is 0. The van der Waals surface area contributed by atoms with Gasteiger partial charge in [-0.15, -0.1) is 0 Å². The topological polar surface area (TPSA) is 35.2 Å². The molecule has 1 aliphatic rings. The molecule has 2 nitrogen and oxygen atoms in total. The van der Waals surface area contributed by atoms with Crippen LogP contribution in [0.4, 0.5) is 4.39 Å². The molecule has 0 amide bonds. The van der Waals surface area contributed by atoms with E-state index in [1.807, 2.05) is 0 Å². The lowest BCUT2D eigenvalue weighted by Crippen LogP contribution is -2.16. The lowest BCUT2D eigenvalue weighted by molar-refractivity contribution is 0.384. The minimum absolute atomic E-state index is 0.255.